The first-order valence-electron chi connectivity index (χ1n) is 8.47. The Hall–Kier alpha value is -3.02. The summed E-state index contributed by atoms with van der Waals surface area (Å²) in [6, 6.07) is 11.5. The van der Waals surface area contributed by atoms with Crippen LogP contribution in [0.5, 0.6) is 0 Å². The fourth-order valence-corrected chi connectivity index (χ4v) is 2.52. The van der Waals surface area contributed by atoms with Gasteiger partial charge in [-0.05, 0) is 42.7 Å². The second-order valence-corrected chi connectivity index (χ2v) is 5.85. The molecule has 0 aliphatic heterocycles. The SMILES string of the molecule is CCCCCc1ccc(NC(=O)c2ccc(-n3cncn3)nc2)cc1. The van der Waals surface area contributed by atoms with Crippen LogP contribution in [0.2, 0.25) is 0 Å². The predicted octanol–water partition coefficient (Wildman–Crippen LogP) is 3.65. The van der Waals surface area contributed by atoms with Gasteiger partial charge in [-0.2, -0.15) is 5.10 Å². The molecule has 0 atom stereocenters. The average molecular weight is 335 g/mol. The summed E-state index contributed by atoms with van der Waals surface area (Å²) in [6.45, 7) is 2.20. The van der Waals surface area contributed by atoms with Gasteiger partial charge >= 0.3 is 0 Å². The monoisotopic (exact) mass is 335 g/mol. The summed E-state index contributed by atoms with van der Waals surface area (Å²) in [5.74, 6) is 0.432. The maximum atomic E-state index is 12.3. The van der Waals surface area contributed by atoms with E-state index in [4.69, 9.17) is 0 Å². The van der Waals surface area contributed by atoms with Crippen LogP contribution < -0.4 is 5.32 Å². The van der Waals surface area contributed by atoms with Crippen LogP contribution in [0.1, 0.15) is 42.1 Å². The van der Waals surface area contributed by atoms with Gasteiger partial charge in [0, 0.05) is 11.9 Å². The van der Waals surface area contributed by atoms with Crippen molar-refractivity contribution in [2.45, 2.75) is 32.6 Å². The van der Waals surface area contributed by atoms with Gasteiger partial charge in [0.2, 0.25) is 0 Å². The zero-order chi connectivity index (χ0) is 17.5. The average Bonchev–Trinajstić information content (AvgIpc) is 3.18. The summed E-state index contributed by atoms with van der Waals surface area (Å²) < 4.78 is 1.54. The van der Waals surface area contributed by atoms with Gasteiger partial charge in [-0.25, -0.2) is 14.6 Å². The molecule has 0 bridgehead atoms. The molecule has 3 aromatic rings. The number of amides is 1. The quantitative estimate of drug-likeness (QED) is 0.669. The van der Waals surface area contributed by atoms with Crippen molar-refractivity contribution < 1.29 is 4.79 Å². The number of rotatable bonds is 7. The third kappa shape index (κ3) is 4.50. The molecule has 0 fully saturated rings. The second kappa shape index (κ2) is 8.19. The molecule has 0 aliphatic rings. The third-order valence-corrected chi connectivity index (χ3v) is 3.94. The van der Waals surface area contributed by atoms with E-state index < -0.39 is 0 Å². The zero-order valence-electron chi connectivity index (χ0n) is 14.2. The van der Waals surface area contributed by atoms with Crippen molar-refractivity contribution in [3.05, 3.63) is 66.4 Å². The van der Waals surface area contributed by atoms with E-state index in [1.807, 2.05) is 12.1 Å². The van der Waals surface area contributed by atoms with E-state index >= 15 is 0 Å². The van der Waals surface area contributed by atoms with Crippen molar-refractivity contribution in [2.24, 2.45) is 0 Å². The van der Waals surface area contributed by atoms with E-state index in [0.717, 1.165) is 12.1 Å². The van der Waals surface area contributed by atoms with Gasteiger partial charge in [0.15, 0.2) is 5.82 Å². The second-order valence-electron chi connectivity index (χ2n) is 5.85. The molecule has 1 aromatic carbocycles. The van der Waals surface area contributed by atoms with Crippen LogP contribution in [0.4, 0.5) is 5.69 Å². The fraction of sp³-hybridized carbons (Fsp3) is 0.263. The van der Waals surface area contributed by atoms with Crippen LogP contribution >= 0.6 is 0 Å². The number of hydrogen-bond acceptors (Lipinski definition) is 4. The molecule has 0 saturated carbocycles. The lowest BCUT2D eigenvalue weighted by atomic mass is 10.1. The molecule has 0 unspecified atom stereocenters. The molecule has 0 spiro atoms. The summed E-state index contributed by atoms with van der Waals surface area (Å²) in [4.78, 5) is 20.4. The molecule has 2 heterocycles. The Kier molecular flexibility index (Phi) is 5.51. The Morgan fingerprint density at radius 3 is 2.60 bits per heavy atom. The molecular weight excluding hydrogens is 314 g/mol. The molecule has 1 N–H and O–H groups in total. The number of pyridine rings is 1. The molecule has 1 amide bonds. The number of aromatic nitrogens is 4. The molecule has 0 saturated heterocycles. The minimum Gasteiger partial charge on any atom is -0.322 e. The normalized spacial score (nSPS) is 10.6. The number of aryl methyl sites for hydroxylation is 1. The van der Waals surface area contributed by atoms with Crippen LogP contribution in [-0.2, 0) is 6.42 Å². The highest BCUT2D eigenvalue weighted by atomic mass is 16.1. The number of nitrogens with zero attached hydrogens (tertiary/aromatic N) is 4. The van der Waals surface area contributed by atoms with E-state index in [0.29, 0.717) is 11.4 Å². The van der Waals surface area contributed by atoms with Crippen LogP contribution in [0.25, 0.3) is 5.82 Å². The van der Waals surface area contributed by atoms with E-state index in [9.17, 15) is 4.79 Å². The summed E-state index contributed by atoms with van der Waals surface area (Å²) >= 11 is 0. The van der Waals surface area contributed by atoms with E-state index in [2.05, 4.69) is 39.4 Å². The molecule has 6 nitrogen and oxygen atoms in total. The first-order valence-corrected chi connectivity index (χ1v) is 8.47. The minimum atomic E-state index is -0.184. The summed E-state index contributed by atoms with van der Waals surface area (Å²) in [5, 5.41) is 6.90. The molecular formula is C19H21N5O. The number of hydrogen-bond donors (Lipinski definition) is 1. The van der Waals surface area contributed by atoms with Crippen LogP contribution in [-0.4, -0.2) is 25.7 Å². The predicted molar refractivity (Wildman–Crippen MR) is 96.8 cm³/mol. The Morgan fingerprint density at radius 2 is 1.96 bits per heavy atom. The first kappa shape index (κ1) is 16.8. The molecule has 0 aliphatic carbocycles. The van der Waals surface area contributed by atoms with Crippen LogP contribution in [0.3, 0.4) is 0 Å². The summed E-state index contributed by atoms with van der Waals surface area (Å²) in [7, 11) is 0. The zero-order valence-corrected chi connectivity index (χ0v) is 14.2. The van der Waals surface area contributed by atoms with Crippen molar-refractivity contribution in [1.82, 2.24) is 19.7 Å². The van der Waals surface area contributed by atoms with Gasteiger partial charge in [-0.3, -0.25) is 4.79 Å². The van der Waals surface area contributed by atoms with Gasteiger partial charge in [0.05, 0.1) is 5.56 Å². The van der Waals surface area contributed by atoms with Gasteiger partial charge in [-0.1, -0.05) is 31.9 Å². The lowest BCUT2D eigenvalue weighted by molar-refractivity contribution is 0.102. The number of carbonyl (C=O) groups excluding carboxylic acids is 1. The lowest BCUT2D eigenvalue weighted by Gasteiger charge is -2.07. The van der Waals surface area contributed by atoms with Crippen LogP contribution in [0.15, 0.2) is 55.2 Å². The largest absolute Gasteiger partial charge is 0.322 e. The van der Waals surface area contributed by atoms with E-state index in [1.54, 1.807) is 23.1 Å². The molecule has 6 heteroatoms. The first-order chi connectivity index (χ1) is 12.3. The highest BCUT2D eigenvalue weighted by Crippen LogP contribution is 2.14. The van der Waals surface area contributed by atoms with E-state index in [1.165, 1.54) is 37.4 Å². The van der Waals surface area contributed by atoms with Crippen molar-refractivity contribution in [3.8, 4) is 5.82 Å². The number of carbonyl (C=O) groups is 1. The van der Waals surface area contributed by atoms with Crippen LogP contribution in [0, 0.1) is 0 Å². The molecule has 0 radical (unpaired) electrons. The maximum absolute atomic E-state index is 12.3. The summed E-state index contributed by atoms with van der Waals surface area (Å²) in [6.07, 6.45) is 9.28. The smallest absolute Gasteiger partial charge is 0.257 e. The molecule has 3 rings (SSSR count). The molecule has 2 aromatic heterocycles. The number of unbranched alkanes of at least 4 members (excludes halogenated alkanes) is 2. The minimum absolute atomic E-state index is 0.184. The van der Waals surface area contributed by atoms with E-state index in [-0.39, 0.29) is 5.91 Å². The van der Waals surface area contributed by atoms with Gasteiger partial charge in [-0.15, -0.1) is 0 Å². The summed E-state index contributed by atoms with van der Waals surface area (Å²) in [5.41, 5.74) is 2.57. The third-order valence-electron chi connectivity index (χ3n) is 3.94. The Balaban J connectivity index is 1.60. The highest BCUT2D eigenvalue weighted by Gasteiger charge is 2.08. The number of nitrogens with one attached hydrogen (secondary N) is 1. The molecule has 25 heavy (non-hydrogen) atoms. The van der Waals surface area contributed by atoms with Crippen molar-refractivity contribution >= 4 is 11.6 Å². The molecule has 128 valence electrons. The van der Waals surface area contributed by atoms with Crippen molar-refractivity contribution in [2.75, 3.05) is 5.32 Å². The van der Waals surface area contributed by atoms with Gasteiger partial charge in [0.1, 0.15) is 12.7 Å². The highest BCUT2D eigenvalue weighted by molar-refractivity contribution is 6.04. The van der Waals surface area contributed by atoms with Gasteiger partial charge < -0.3 is 5.32 Å². The fourth-order valence-electron chi connectivity index (χ4n) is 2.52. The van der Waals surface area contributed by atoms with Gasteiger partial charge in [0.25, 0.3) is 5.91 Å². The number of anilines is 1. The Bertz CT molecular complexity index is 795. The van der Waals surface area contributed by atoms with Crippen molar-refractivity contribution in [1.29, 1.82) is 0 Å². The Morgan fingerprint density at radius 1 is 1.12 bits per heavy atom. The lowest BCUT2D eigenvalue weighted by Crippen LogP contribution is -2.12. The maximum Gasteiger partial charge on any atom is 0.257 e. The standard InChI is InChI=1S/C19H21N5O/c1-2-3-4-5-15-6-9-17(10-7-15)23-19(25)16-8-11-18(21-12-16)24-14-20-13-22-24/h6-14H,2-5H2,1H3,(H,23,25). The topological polar surface area (TPSA) is 72.7 Å². The Labute approximate surface area is 146 Å². The van der Waals surface area contributed by atoms with Crippen molar-refractivity contribution in [3.63, 3.8) is 0 Å². The number of benzene rings is 1.